The summed E-state index contributed by atoms with van der Waals surface area (Å²) in [4.78, 5) is 23.8. The zero-order valence-corrected chi connectivity index (χ0v) is 12.5. The van der Waals surface area contributed by atoms with Crippen LogP contribution in [0.3, 0.4) is 0 Å². The van der Waals surface area contributed by atoms with Crippen LogP contribution in [0.25, 0.3) is 0 Å². The molecule has 0 aromatic heterocycles. The number of carbonyl (C=O) groups excluding carboxylic acids is 1. The van der Waals surface area contributed by atoms with E-state index >= 15 is 0 Å². The van der Waals surface area contributed by atoms with E-state index in [0.717, 1.165) is 4.90 Å². The number of hydrogen-bond donors (Lipinski definition) is 1. The molecule has 0 aliphatic carbocycles. The third-order valence-electron chi connectivity index (χ3n) is 3.59. The van der Waals surface area contributed by atoms with E-state index in [9.17, 15) is 22.8 Å². The molecule has 1 aliphatic rings. The molecule has 0 saturated carbocycles. The number of benzene rings is 1. The van der Waals surface area contributed by atoms with Crippen molar-refractivity contribution in [2.45, 2.75) is 6.18 Å². The number of alkyl halides is 3. The molecule has 0 bridgehead atoms. The average molecular weight is 352 g/mol. The molecular weight excluding hydrogens is 339 g/mol. The van der Waals surface area contributed by atoms with Gasteiger partial charge in [0.15, 0.2) is 6.61 Å². The van der Waals surface area contributed by atoms with Crippen LogP contribution < -0.4 is 4.74 Å². The molecule has 1 aromatic carbocycles. The molecule has 1 aromatic rings. The van der Waals surface area contributed by atoms with Gasteiger partial charge in [0.05, 0.1) is 11.8 Å². The number of carbonyl (C=O) groups is 2. The quantitative estimate of drug-likeness (QED) is 0.904. The smallest absolute Gasteiger partial charge is 0.394 e. The Hall–Kier alpha value is -1.96. The van der Waals surface area contributed by atoms with E-state index < -0.39 is 49.6 Å². The van der Waals surface area contributed by atoms with Crippen LogP contribution in [0.1, 0.15) is 0 Å². The van der Waals surface area contributed by atoms with Crippen molar-refractivity contribution in [1.29, 1.82) is 0 Å². The minimum atomic E-state index is -4.67. The minimum Gasteiger partial charge on any atom is -0.484 e. The lowest BCUT2D eigenvalue weighted by molar-refractivity contribution is -0.188. The van der Waals surface area contributed by atoms with Gasteiger partial charge in [-0.1, -0.05) is 11.6 Å². The largest absolute Gasteiger partial charge is 0.484 e. The predicted molar refractivity (Wildman–Crippen MR) is 74.2 cm³/mol. The molecule has 1 N–H and O–H groups in total. The summed E-state index contributed by atoms with van der Waals surface area (Å²) in [7, 11) is 0. The zero-order chi connectivity index (χ0) is 17.2. The number of carboxylic acids is 1. The number of hydrogen-bond acceptors (Lipinski definition) is 3. The number of likely N-dealkylation sites (tertiary alicyclic amines) is 1. The van der Waals surface area contributed by atoms with Crippen molar-refractivity contribution in [3.05, 3.63) is 29.3 Å². The molecule has 23 heavy (non-hydrogen) atoms. The highest BCUT2D eigenvalue weighted by Crippen LogP contribution is 2.37. The fourth-order valence-corrected chi connectivity index (χ4v) is 2.48. The Kier molecular flexibility index (Phi) is 5.03. The second-order valence-corrected chi connectivity index (χ2v) is 5.57. The molecule has 0 radical (unpaired) electrons. The van der Waals surface area contributed by atoms with Crippen LogP contribution in [0.15, 0.2) is 24.3 Å². The summed E-state index contributed by atoms with van der Waals surface area (Å²) in [6.07, 6.45) is -4.67. The molecule has 0 spiro atoms. The van der Waals surface area contributed by atoms with Crippen molar-refractivity contribution in [2.24, 2.45) is 11.8 Å². The lowest BCUT2D eigenvalue weighted by atomic mass is 9.96. The Labute approximate surface area is 134 Å². The number of ether oxygens (including phenoxy) is 1. The molecule has 1 amide bonds. The molecular formula is C14H13ClF3NO4. The average Bonchev–Trinajstić information content (AvgIpc) is 2.92. The summed E-state index contributed by atoms with van der Waals surface area (Å²) in [6, 6.07) is 6.10. The maximum absolute atomic E-state index is 12.9. The van der Waals surface area contributed by atoms with E-state index in [0.29, 0.717) is 10.8 Å². The van der Waals surface area contributed by atoms with E-state index in [1.54, 1.807) is 0 Å². The van der Waals surface area contributed by atoms with Crippen LogP contribution in [0, 0.1) is 11.8 Å². The molecule has 1 fully saturated rings. The Morgan fingerprint density at radius 2 is 1.87 bits per heavy atom. The second-order valence-electron chi connectivity index (χ2n) is 5.13. The standard InChI is InChI=1S/C14H13ClF3NO4/c15-8-1-3-9(4-2-8)23-7-12(20)19-5-10(13(21)22)11(6-19)14(16,17)18/h1-4,10-11H,5-7H2,(H,21,22)/t10-,11-/m1/s1. The Bertz CT molecular complexity index is 591. The minimum absolute atomic E-state index is 0.337. The first-order valence-corrected chi connectivity index (χ1v) is 7.02. The van der Waals surface area contributed by atoms with Crippen molar-refractivity contribution in [3.63, 3.8) is 0 Å². The summed E-state index contributed by atoms with van der Waals surface area (Å²) >= 11 is 5.69. The van der Waals surface area contributed by atoms with Gasteiger partial charge in [0.25, 0.3) is 5.91 Å². The van der Waals surface area contributed by atoms with Crippen LogP contribution in [0.5, 0.6) is 5.75 Å². The van der Waals surface area contributed by atoms with Crippen LogP contribution in [-0.4, -0.2) is 47.8 Å². The molecule has 1 heterocycles. The number of rotatable bonds is 4. The van der Waals surface area contributed by atoms with E-state index in [4.69, 9.17) is 21.4 Å². The van der Waals surface area contributed by atoms with Gasteiger partial charge in [-0.2, -0.15) is 13.2 Å². The third kappa shape index (κ3) is 4.28. The van der Waals surface area contributed by atoms with Crippen LogP contribution >= 0.6 is 11.6 Å². The maximum atomic E-state index is 12.9. The topological polar surface area (TPSA) is 66.8 Å². The van der Waals surface area contributed by atoms with Crippen molar-refractivity contribution in [1.82, 2.24) is 4.90 Å². The van der Waals surface area contributed by atoms with Gasteiger partial charge >= 0.3 is 12.1 Å². The van der Waals surface area contributed by atoms with Crippen molar-refractivity contribution in [3.8, 4) is 5.75 Å². The number of halogens is 4. The first-order valence-electron chi connectivity index (χ1n) is 6.64. The van der Waals surface area contributed by atoms with Gasteiger partial charge in [0.2, 0.25) is 0 Å². The lowest BCUT2D eigenvalue weighted by Gasteiger charge is -2.18. The maximum Gasteiger partial charge on any atom is 0.394 e. The van der Waals surface area contributed by atoms with E-state index in [2.05, 4.69) is 0 Å². The SMILES string of the molecule is O=C(O)[C@@H]1CN(C(=O)COc2ccc(Cl)cc2)C[C@H]1C(F)(F)F. The summed E-state index contributed by atoms with van der Waals surface area (Å²) in [6.45, 7) is -1.63. The fourth-order valence-electron chi connectivity index (χ4n) is 2.36. The number of carboxylic acid groups (broad SMARTS) is 1. The Morgan fingerprint density at radius 1 is 1.26 bits per heavy atom. The third-order valence-corrected chi connectivity index (χ3v) is 3.84. The predicted octanol–water partition coefficient (Wildman–Crippen LogP) is 2.44. The summed E-state index contributed by atoms with van der Waals surface area (Å²) in [5.74, 6) is -5.66. The highest BCUT2D eigenvalue weighted by molar-refractivity contribution is 6.30. The van der Waals surface area contributed by atoms with Gasteiger partial charge in [-0.25, -0.2) is 0 Å². The number of nitrogens with zero attached hydrogens (tertiary/aromatic N) is 1. The van der Waals surface area contributed by atoms with E-state index in [1.165, 1.54) is 24.3 Å². The van der Waals surface area contributed by atoms with Crippen molar-refractivity contribution < 1.29 is 32.6 Å². The molecule has 2 rings (SSSR count). The Balaban J connectivity index is 1.97. The van der Waals surface area contributed by atoms with Crippen molar-refractivity contribution >= 4 is 23.5 Å². The van der Waals surface area contributed by atoms with Crippen LogP contribution in [-0.2, 0) is 9.59 Å². The normalized spacial score (nSPS) is 21.3. The first-order chi connectivity index (χ1) is 10.7. The first kappa shape index (κ1) is 17.4. The van der Waals surface area contributed by atoms with Gasteiger partial charge in [-0.05, 0) is 24.3 Å². The molecule has 126 valence electrons. The molecule has 2 atom stereocenters. The van der Waals surface area contributed by atoms with Gasteiger partial charge in [0, 0.05) is 18.1 Å². The molecule has 1 aliphatic heterocycles. The summed E-state index contributed by atoms with van der Waals surface area (Å²) in [5, 5.41) is 9.37. The van der Waals surface area contributed by atoms with E-state index in [-0.39, 0.29) is 0 Å². The van der Waals surface area contributed by atoms with E-state index in [1.807, 2.05) is 0 Å². The fraction of sp³-hybridized carbons (Fsp3) is 0.429. The van der Waals surface area contributed by atoms with Gasteiger partial charge in [-0.15, -0.1) is 0 Å². The summed E-state index contributed by atoms with van der Waals surface area (Å²) < 4.78 is 43.7. The van der Waals surface area contributed by atoms with Gasteiger partial charge in [-0.3, -0.25) is 9.59 Å². The second kappa shape index (κ2) is 6.66. The molecule has 9 heteroatoms. The highest BCUT2D eigenvalue weighted by Gasteiger charge is 2.53. The van der Waals surface area contributed by atoms with Gasteiger partial charge in [0.1, 0.15) is 5.75 Å². The van der Waals surface area contributed by atoms with Crippen LogP contribution in [0.2, 0.25) is 5.02 Å². The molecule has 0 unspecified atom stereocenters. The zero-order valence-electron chi connectivity index (χ0n) is 11.7. The monoisotopic (exact) mass is 351 g/mol. The van der Waals surface area contributed by atoms with Crippen LogP contribution in [0.4, 0.5) is 13.2 Å². The lowest BCUT2D eigenvalue weighted by Crippen LogP contribution is -2.35. The summed E-state index contributed by atoms with van der Waals surface area (Å²) in [5.41, 5.74) is 0. The number of amides is 1. The number of aliphatic carboxylic acids is 1. The molecule has 1 saturated heterocycles. The highest BCUT2D eigenvalue weighted by atomic mass is 35.5. The molecule has 5 nitrogen and oxygen atoms in total. The van der Waals surface area contributed by atoms with Gasteiger partial charge < -0.3 is 14.7 Å². The van der Waals surface area contributed by atoms with Crippen molar-refractivity contribution in [2.75, 3.05) is 19.7 Å². The Morgan fingerprint density at radius 3 is 2.35 bits per heavy atom.